The molecule has 2 rings (SSSR count). The Bertz CT molecular complexity index is 376. The minimum atomic E-state index is 0.309. The van der Waals surface area contributed by atoms with Crippen molar-refractivity contribution in [3.8, 4) is 0 Å². The van der Waals surface area contributed by atoms with Gasteiger partial charge in [-0.2, -0.15) is 0 Å². The first-order chi connectivity index (χ1) is 8.16. The zero-order valence-electron chi connectivity index (χ0n) is 10.5. The Labute approximate surface area is 103 Å². The molecule has 1 atom stereocenters. The normalized spacial score (nSPS) is 18.2. The van der Waals surface area contributed by atoms with Gasteiger partial charge in [-0.25, -0.2) is 0 Å². The van der Waals surface area contributed by atoms with Gasteiger partial charge in [-0.3, -0.25) is 4.79 Å². The third kappa shape index (κ3) is 3.09. The van der Waals surface area contributed by atoms with Crippen molar-refractivity contribution in [1.29, 1.82) is 0 Å². The molecule has 1 saturated carbocycles. The highest BCUT2D eigenvalue weighted by Crippen LogP contribution is 2.29. The van der Waals surface area contributed by atoms with Crippen molar-refractivity contribution in [2.75, 3.05) is 5.73 Å². The summed E-state index contributed by atoms with van der Waals surface area (Å²) in [6, 6.07) is 7.88. The van der Waals surface area contributed by atoms with E-state index in [-0.39, 0.29) is 0 Å². The zero-order chi connectivity index (χ0) is 12.3. The molecule has 2 nitrogen and oxygen atoms in total. The largest absolute Gasteiger partial charge is 0.399 e. The highest BCUT2D eigenvalue weighted by molar-refractivity contribution is 5.82. The van der Waals surface area contributed by atoms with E-state index in [0.29, 0.717) is 24.0 Å². The van der Waals surface area contributed by atoms with Crippen molar-refractivity contribution >= 4 is 11.5 Å². The van der Waals surface area contributed by atoms with Crippen molar-refractivity contribution in [2.45, 2.75) is 44.9 Å². The molecule has 0 bridgehead atoms. The van der Waals surface area contributed by atoms with Gasteiger partial charge in [-0.05, 0) is 36.5 Å². The second-order valence-electron chi connectivity index (χ2n) is 5.22. The number of nitrogen functional groups attached to an aromatic ring is 1. The minimum Gasteiger partial charge on any atom is -0.399 e. The second-order valence-corrected chi connectivity index (χ2v) is 5.22. The van der Waals surface area contributed by atoms with E-state index in [0.717, 1.165) is 18.5 Å². The summed E-state index contributed by atoms with van der Waals surface area (Å²) in [5.41, 5.74) is 7.65. The molecule has 1 fully saturated rings. The molecular formula is C15H21NO. The van der Waals surface area contributed by atoms with Gasteiger partial charge >= 0.3 is 0 Å². The highest BCUT2D eigenvalue weighted by atomic mass is 16.1. The number of hydrogen-bond acceptors (Lipinski definition) is 2. The van der Waals surface area contributed by atoms with Gasteiger partial charge in [0.15, 0.2) is 0 Å². The Hall–Kier alpha value is -1.31. The molecule has 0 spiro atoms. The summed E-state index contributed by atoms with van der Waals surface area (Å²) in [4.78, 5) is 12.1. The lowest BCUT2D eigenvalue weighted by atomic mass is 9.90. The van der Waals surface area contributed by atoms with Crippen LogP contribution in [-0.4, -0.2) is 5.78 Å². The summed E-state index contributed by atoms with van der Waals surface area (Å²) in [6.07, 6.45) is 5.34. The summed E-state index contributed by atoms with van der Waals surface area (Å²) < 4.78 is 0. The number of ketones is 1. The van der Waals surface area contributed by atoms with Gasteiger partial charge in [0.25, 0.3) is 0 Å². The van der Waals surface area contributed by atoms with Crippen molar-refractivity contribution in [3.63, 3.8) is 0 Å². The summed E-state index contributed by atoms with van der Waals surface area (Å²) in [6.45, 7) is 2.12. The van der Waals surface area contributed by atoms with Gasteiger partial charge in [-0.1, -0.05) is 31.9 Å². The van der Waals surface area contributed by atoms with Crippen LogP contribution in [0.15, 0.2) is 24.3 Å². The molecule has 0 radical (unpaired) electrons. The molecule has 0 aliphatic heterocycles. The van der Waals surface area contributed by atoms with E-state index in [2.05, 4.69) is 6.92 Å². The number of anilines is 1. The summed E-state index contributed by atoms with van der Waals surface area (Å²) in [5, 5.41) is 0. The predicted octanol–water partition coefficient (Wildman–Crippen LogP) is 3.52. The third-order valence-corrected chi connectivity index (χ3v) is 3.82. The minimum absolute atomic E-state index is 0.309. The standard InChI is InChI=1S/C15H21NO/c1-11(12-6-8-14(16)9-7-12)10-15(17)13-4-2-3-5-13/h6-9,11,13H,2-5,10,16H2,1H3. The van der Waals surface area contributed by atoms with Gasteiger partial charge in [0.2, 0.25) is 0 Å². The Morgan fingerprint density at radius 2 is 1.88 bits per heavy atom. The van der Waals surface area contributed by atoms with Crippen LogP contribution in [-0.2, 0) is 4.79 Å². The van der Waals surface area contributed by atoms with Crippen LogP contribution in [0, 0.1) is 5.92 Å². The van der Waals surface area contributed by atoms with Crippen LogP contribution < -0.4 is 5.73 Å². The summed E-state index contributed by atoms with van der Waals surface area (Å²) in [7, 11) is 0. The van der Waals surface area contributed by atoms with E-state index in [1.807, 2.05) is 24.3 Å². The fraction of sp³-hybridized carbons (Fsp3) is 0.533. The van der Waals surface area contributed by atoms with Crippen LogP contribution in [0.25, 0.3) is 0 Å². The van der Waals surface area contributed by atoms with Crippen molar-refractivity contribution in [1.82, 2.24) is 0 Å². The molecule has 1 aromatic carbocycles. The molecule has 92 valence electrons. The average Bonchev–Trinajstić information content (AvgIpc) is 2.83. The van der Waals surface area contributed by atoms with E-state index < -0.39 is 0 Å². The molecule has 0 aromatic heterocycles. The smallest absolute Gasteiger partial charge is 0.136 e. The molecule has 2 N–H and O–H groups in total. The number of carbonyl (C=O) groups is 1. The first-order valence-electron chi connectivity index (χ1n) is 6.55. The molecule has 1 aliphatic rings. The summed E-state index contributed by atoms with van der Waals surface area (Å²) in [5.74, 6) is 1.10. The lowest BCUT2D eigenvalue weighted by molar-refractivity contribution is -0.123. The Morgan fingerprint density at radius 3 is 2.47 bits per heavy atom. The fourth-order valence-electron chi connectivity index (χ4n) is 2.66. The zero-order valence-corrected chi connectivity index (χ0v) is 10.5. The number of carbonyl (C=O) groups excluding carboxylic acids is 1. The number of hydrogen-bond donors (Lipinski definition) is 1. The molecule has 17 heavy (non-hydrogen) atoms. The molecular weight excluding hydrogens is 210 g/mol. The summed E-state index contributed by atoms with van der Waals surface area (Å²) >= 11 is 0. The molecule has 0 amide bonds. The maximum atomic E-state index is 12.1. The van der Waals surface area contributed by atoms with Gasteiger partial charge in [0, 0.05) is 18.0 Å². The monoisotopic (exact) mass is 231 g/mol. The number of Topliss-reactive ketones (excluding diaryl/α,β-unsaturated/α-hetero) is 1. The van der Waals surface area contributed by atoms with E-state index in [4.69, 9.17) is 5.73 Å². The van der Waals surface area contributed by atoms with E-state index >= 15 is 0 Å². The SMILES string of the molecule is CC(CC(=O)C1CCCC1)c1ccc(N)cc1. The van der Waals surface area contributed by atoms with Gasteiger partial charge < -0.3 is 5.73 Å². The first kappa shape index (κ1) is 12.2. The van der Waals surface area contributed by atoms with Crippen LogP contribution in [0.2, 0.25) is 0 Å². The van der Waals surface area contributed by atoms with Crippen LogP contribution >= 0.6 is 0 Å². The topological polar surface area (TPSA) is 43.1 Å². The number of benzene rings is 1. The lowest BCUT2D eigenvalue weighted by Crippen LogP contribution is -2.13. The van der Waals surface area contributed by atoms with Crippen LogP contribution in [0.1, 0.15) is 50.5 Å². The maximum Gasteiger partial charge on any atom is 0.136 e. The lowest BCUT2D eigenvalue weighted by Gasteiger charge is -2.14. The molecule has 1 unspecified atom stereocenters. The quantitative estimate of drug-likeness (QED) is 0.806. The third-order valence-electron chi connectivity index (χ3n) is 3.82. The Morgan fingerprint density at radius 1 is 1.29 bits per heavy atom. The van der Waals surface area contributed by atoms with Crippen LogP contribution in [0.3, 0.4) is 0 Å². The second kappa shape index (κ2) is 5.35. The molecule has 0 saturated heterocycles. The van der Waals surface area contributed by atoms with E-state index in [1.54, 1.807) is 0 Å². The average molecular weight is 231 g/mol. The number of rotatable bonds is 4. The number of nitrogens with two attached hydrogens (primary N) is 1. The fourth-order valence-corrected chi connectivity index (χ4v) is 2.66. The Kier molecular flexibility index (Phi) is 3.82. The molecule has 1 aliphatic carbocycles. The van der Waals surface area contributed by atoms with Gasteiger partial charge in [-0.15, -0.1) is 0 Å². The van der Waals surface area contributed by atoms with Crippen molar-refractivity contribution < 1.29 is 4.79 Å². The molecule has 2 heteroatoms. The van der Waals surface area contributed by atoms with Crippen LogP contribution in [0.5, 0.6) is 0 Å². The highest BCUT2D eigenvalue weighted by Gasteiger charge is 2.24. The maximum absolute atomic E-state index is 12.1. The Balaban J connectivity index is 1.93. The molecule has 1 aromatic rings. The van der Waals surface area contributed by atoms with Gasteiger partial charge in [0.05, 0.1) is 0 Å². The molecule has 0 heterocycles. The van der Waals surface area contributed by atoms with Crippen LogP contribution in [0.4, 0.5) is 5.69 Å². The van der Waals surface area contributed by atoms with E-state index in [1.165, 1.54) is 18.4 Å². The van der Waals surface area contributed by atoms with E-state index in [9.17, 15) is 4.79 Å². The van der Waals surface area contributed by atoms with Crippen molar-refractivity contribution in [2.24, 2.45) is 5.92 Å². The predicted molar refractivity (Wildman–Crippen MR) is 70.9 cm³/mol. The first-order valence-corrected chi connectivity index (χ1v) is 6.55. The van der Waals surface area contributed by atoms with Crippen molar-refractivity contribution in [3.05, 3.63) is 29.8 Å². The van der Waals surface area contributed by atoms with Gasteiger partial charge in [0.1, 0.15) is 5.78 Å².